The van der Waals surface area contributed by atoms with Crippen LogP contribution in [0.5, 0.6) is 0 Å². The molecule has 1 atom stereocenters. The number of benzene rings is 1. The first-order valence-corrected chi connectivity index (χ1v) is 6.52. The van der Waals surface area contributed by atoms with Crippen molar-refractivity contribution < 1.29 is 9.50 Å². The minimum atomic E-state index is -0.588. The lowest BCUT2D eigenvalue weighted by molar-refractivity contribution is 0.145. The van der Waals surface area contributed by atoms with E-state index in [0.29, 0.717) is 23.5 Å². The molecule has 1 aromatic rings. The molecule has 0 spiro atoms. The minimum absolute atomic E-state index is 0.248. The Hall–Kier alpha value is -0.930. The third-order valence-corrected chi connectivity index (χ3v) is 3.04. The highest BCUT2D eigenvalue weighted by molar-refractivity contribution is 5.24. The van der Waals surface area contributed by atoms with Crippen LogP contribution in [-0.4, -0.2) is 30.1 Å². The van der Waals surface area contributed by atoms with E-state index in [-0.39, 0.29) is 5.82 Å². The van der Waals surface area contributed by atoms with Crippen molar-refractivity contribution in [2.45, 2.75) is 33.3 Å². The maximum absolute atomic E-state index is 13.4. The summed E-state index contributed by atoms with van der Waals surface area (Å²) >= 11 is 0. The summed E-state index contributed by atoms with van der Waals surface area (Å²) in [5.74, 6) is 0.367. The van der Waals surface area contributed by atoms with E-state index in [0.717, 1.165) is 13.1 Å². The summed E-state index contributed by atoms with van der Waals surface area (Å²) in [6.07, 6.45) is 0.0424. The Labute approximate surface area is 109 Å². The lowest BCUT2D eigenvalue weighted by atomic mass is 10.0. The van der Waals surface area contributed by atoms with E-state index in [1.165, 1.54) is 6.07 Å². The zero-order valence-electron chi connectivity index (χ0n) is 11.8. The number of hydrogen-bond donors (Lipinski definition) is 1. The van der Waals surface area contributed by atoms with Crippen LogP contribution in [0.15, 0.2) is 18.2 Å². The van der Waals surface area contributed by atoms with Gasteiger partial charge in [-0.1, -0.05) is 26.0 Å². The largest absolute Gasteiger partial charge is 0.388 e. The van der Waals surface area contributed by atoms with Crippen LogP contribution in [0.2, 0.25) is 0 Å². The molecule has 2 nitrogen and oxygen atoms in total. The van der Waals surface area contributed by atoms with Crippen molar-refractivity contribution in [1.29, 1.82) is 0 Å². The van der Waals surface area contributed by atoms with Crippen LogP contribution in [0, 0.1) is 18.7 Å². The first-order chi connectivity index (χ1) is 8.40. The van der Waals surface area contributed by atoms with Gasteiger partial charge in [0.2, 0.25) is 0 Å². The smallest absolute Gasteiger partial charge is 0.126 e. The molecule has 18 heavy (non-hydrogen) atoms. The molecule has 1 unspecified atom stereocenters. The van der Waals surface area contributed by atoms with Crippen molar-refractivity contribution in [3.05, 3.63) is 35.1 Å². The van der Waals surface area contributed by atoms with Gasteiger partial charge in [0.15, 0.2) is 0 Å². The molecule has 3 heteroatoms. The fraction of sp³-hybridized carbons (Fsp3) is 0.600. The second kappa shape index (κ2) is 6.86. The summed E-state index contributed by atoms with van der Waals surface area (Å²) in [5, 5.41) is 10.0. The molecule has 0 saturated carbocycles. The molecule has 1 N–H and O–H groups in total. The van der Waals surface area contributed by atoms with Gasteiger partial charge in [-0.05, 0) is 43.5 Å². The predicted molar refractivity (Wildman–Crippen MR) is 73.0 cm³/mol. The lowest BCUT2D eigenvalue weighted by Gasteiger charge is -2.20. The third-order valence-electron chi connectivity index (χ3n) is 3.04. The van der Waals surface area contributed by atoms with E-state index in [4.69, 9.17) is 0 Å². The molecule has 0 aliphatic heterocycles. The van der Waals surface area contributed by atoms with Crippen molar-refractivity contribution in [3.8, 4) is 0 Å². The summed E-state index contributed by atoms with van der Waals surface area (Å²) < 4.78 is 13.4. The number of nitrogens with zero attached hydrogens (tertiary/aromatic N) is 1. The number of aliphatic hydroxyl groups is 1. The van der Waals surface area contributed by atoms with Crippen LogP contribution in [-0.2, 0) is 0 Å². The Morgan fingerprint density at radius 3 is 2.56 bits per heavy atom. The number of halogens is 1. The van der Waals surface area contributed by atoms with Gasteiger partial charge in [-0.15, -0.1) is 0 Å². The van der Waals surface area contributed by atoms with Crippen molar-refractivity contribution in [2.24, 2.45) is 5.92 Å². The molecule has 1 rings (SSSR count). The predicted octanol–water partition coefficient (Wildman–Crippen LogP) is 3.15. The summed E-state index contributed by atoms with van der Waals surface area (Å²) in [7, 11) is 2.04. The zero-order valence-corrected chi connectivity index (χ0v) is 11.8. The van der Waals surface area contributed by atoms with Crippen LogP contribution in [0.4, 0.5) is 4.39 Å². The topological polar surface area (TPSA) is 23.5 Å². The van der Waals surface area contributed by atoms with E-state index < -0.39 is 6.10 Å². The molecule has 0 radical (unpaired) electrons. The van der Waals surface area contributed by atoms with E-state index in [1.54, 1.807) is 19.1 Å². The van der Waals surface area contributed by atoms with E-state index in [9.17, 15) is 9.50 Å². The normalized spacial score (nSPS) is 13.3. The molecule has 102 valence electrons. The van der Waals surface area contributed by atoms with E-state index >= 15 is 0 Å². The first kappa shape index (κ1) is 15.1. The van der Waals surface area contributed by atoms with Gasteiger partial charge >= 0.3 is 0 Å². The molecule has 0 aliphatic rings. The van der Waals surface area contributed by atoms with Crippen LogP contribution in [0.1, 0.15) is 37.5 Å². The molecule has 0 fully saturated rings. The molecule has 1 aromatic carbocycles. The highest BCUT2D eigenvalue weighted by atomic mass is 19.1. The van der Waals surface area contributed by atoms with E-state index in [1.807, 2.05) is 7.05 Å². The molecule has 0 amide bonds. The lowest BCUT2D eigenvalue weighted by Crippen LogP contribution is -2.25. The number of rotatable bonds is 6. The van der Waals surface area contributed by atoms with Crippen molar-refractivity contribution in [1.82, 2.24) is 4.90 Å². The Balaban J connectivity index is 2.49. The van der Waals surface area contributed by atoms with Crippen LogP contribution >= 0.6 is 0 Å². The van der Waals surface area contributed by atoms with Gasteiger partial charge in [-0.2, -0.15) is 0 Å². The van der Waals surface area contributed by atoms with Crippen molar-refractivity contribution in [2.75, 3.05) is 20.1 Å². The third kappa shape index (κ3) is 4.75. The number of hydrogen-bond acceptors (Lipinski definition) is 2. The average Bonchev–Trinajstić information content (AvgIpc) is 2.28. The standard InChI is InChI=1S/C15H24FNO/c1-11(2)10-17(4)8-7-15(18)13-6-5-12(3)14(16)9-13/h5-6,9,11,15,18H,7-8,10H2,1-4H3. The monoisotopic (exact) mass is 253 g/mol. The second-order valence-electron chi connectivity index (χ2n) is 5.47. The average molecular weight is 253 g/mol. The fourth-order valence-electron chi connectivity index (χ4n) is 2.04. The molecular weight excluding hydrogens is 229 g/mol. The van der Waals surface area contributed by atoms with Crippen molar-refractivity contribution in [3.63, 3.8) is 0 Å². The SMILES string of the molecule is Cc1ccc(C(O)CCN(C)CC(C)C)cc1F. The van der Waals surface area contributed by atoms with Crippen LogP contribution < -0.4 is 0 Å². The van der Waals surface area contributed by atoms with Gasteiger partial charge in [0.25, 0.3) is 0 Å². The fourth-order valence-corrected chi connectivity index (χ4v) is 2.04. The van der Waals surface area contributed by atoms with Gasteiger partial charge in [0.1, 0.15) is 5.82 Å². The highest BCUT2D eigenvalue weighted by Crippen LogP contribution is 2.19. The van der Waals surface area contributed by atoms with Crippen LogP contribution in [0.3, 0.4) is 0 Å². The highest BCUT2D eigenvalue weighted by Gasteiger charge is 2.11. The maximum atomic E-state index is 13.4. The summed E-state index contributed by atoms with van der Waals surface area (Å²) in [5.41, 5.74) is 1.28. The molecule has 0 aromatic heterocycles. The quantitative estimate of drug-likeness (QED) is 0.842. The minimum Gasteiger partial charge on any atom is -0.388 e. The van der Waals surface area contributed by atoms with Gasteiger partial charge in [-0.3, -0.25) is 0 Å². The summed E-state index contributed by atoms with van der Waals surface area (Å²) in [6, 6.07) is 4.94. The molecular formula is C15H24FNO. The van der Waals surface area contributed by atoms with Gasteiger partial charge in [0.05, 0.1) is 6.10 Å². The molecule has 0 saturated heterocycles. The van der Waals surface area contributed by atoms with Gasteiger partial charge in [0, 0.05) is 13.1 Å². The van der Waals surface area contributed by atoms with Gasteiger partial charge < -0.3 is 10.0 Å². The molecule has 0 heterocycles. The zero-order chi connectivity index (χ0) is 13.7. The summed E-state index contributed by atoms with van der Waals surface area (Å²) in [4.78, 5) is 2.19. The Morgan fingerprint density at radius 2 is 2.00 bits per heavy atom. The van der Waals surface area contributed by atoms with Crippen LogP contribution in [0.25, 0.3) is 0 Å². The Morgan fingerprint density at radius 1 is 1.33 bits per heavy atom. The van der Waals surface area contributed by atoms with E-state index in [2.05, 4.69) is 18.7 Å². The molecule has 0 bridgehead atoms. The van der Waals surface area contributed by atoms with Crippen molar-refractivity contribution >= 4 is 0 Å². The number of aryl methyl sites for hydroxylation is 1. The van der Waals surface area contributed by atoms with Gasteiger partial charge in [-0.25, -0.2) is 4.39 Å². The Kier molecular flexibility index (Phi) is 5.76. The first-order valence-electron chi connectivity index (χ1n) is 6.52. The summed E-state index contributed by atoms with van der Waals surface area (Å²) in [6.45, 7) is 7.89. The maximum Gasteiger partial charge on any atom is 0.126 e. The molecule has 0 aliphatic carbocycles. The Bertz CT molecular complexity index is 379. The number of aliphatic hydroxyl groups excluding tert-OH is 1. The second-order valence-corrected chi connectivity index (χ2v) is 5.47.